The van der Waals surface area contributed by atoms with Gasteiger partial charge in [0.15, 0.2) is 0 Å². The van der Waals surface area contributed by atoms with E-state index in [0.717, 1.165) is 25.3 Å². The summed E-state index contributed by atoms with van der Waals surface area (Å²) >= 11 is 6.28. The number of halogens is 1. The van der Waals surface area contributed by atoms with E-state index >= 15 is 0 Å². The highest BCUT2D eigenvalue weighted by molar-refractivity contribution is 6.32. The molecule has 2 aromatic rings. The highest BCUT2D eigenvalue weighted by atomic mass is 35.5. The number of hydrogen-bond acceptors (Lipinski definition) is 4. The molecule has 1 unspecified atom stereocenters. The van der Waals surface area contributed by atoms with Crippen molar-refractivity contribution in [2.45, 2.75) is 39.2 Å². The molecule has 5 nitrogen and oxygen atoms in total. The van der Waals surface area contributed by atoms with Crippen LogP contribution in [0.4, 0.5) is 11.4 Å². The van der Waals surface area contributed by atoms with Crippen LogP contribution < -0.4 is 9.80 Å². The Balaban J connectivity index is 0.000000806. The molecule has 2 fully saturated rings. The first-order chi connectivity index (χ1) is 14.4. The lowest BCUT2D eigenvalue weighted by Crippen LogP contribution is -2.41. The number of hydrogen-bond donors (Lipinski definition) is 1. The zero-order chi connectivity index (χ0) is 21.7. The number of anilines is 2. The van der Waals surface area contributed by atoms with Crippen molar-refractivity contribution in [2.75, 3.05) is 29.4 Å². The molecule has 4 rings (SSSR count). The molecule has 30 heavy (non-hydrogen) atoms. The van der Waals surface area contributed by atoms with E-state index in [4.69, 9.17) is 26.8 Å². The fourth-order valence-electron chi connectivity index (χ4n) is 4.79. The Bertz CT molecular complexity index is 915. The van der Waals surface area contributed by atoms with Gasteiger partial charge >= 0.3 is 0 Å². The molecule has 1 atom stereocenters. The van der Waals surface area contributed by atoms with Crippen molar-refractivity contribution < 1.29 is 9.90 Å². The number of nitrogens with zero attached hydrogens (tertiary/aromatic N) is 3. The van der Waals surface area contributed by atoms with Crippen LogP contribution in [0.15, 0.2) is 42.5 Å². The maximum absolute atomic E-state index is 9.11. The molecule has 0 saturated carbocycles. The molecular formula is C24H28ClN3O2. The lowest BCUT2D eigenvalue weighted by molar-refractivity contribution is -0.122. The standard InChI is InChI=1S/C23H26ClN3.CH2O2/c1-17-3-6-20(7-4-17)26-11-9-23(10-12-26)14-18(2)27(16-23)21-8-5-19(15-25)22(24)13-21;2-1-3/h3-8,13,18H,9-12,14,16H2,1-2H3;1H,(H,2,3). The molecule has 1 N–H and O–H groups in total. The first-order valence-corrected chi connectivity index (χ1v) is 10.6. The summed E-state index contributed by atoms with van der Waals surface area (Å²) in [5, 5.41) is 16.5. The Morgan fingerprint density at radius 3 is 2.33 bits per heavy atom. The third-order valence-corrected chi connectivity index (χ3v) is 6.71. The minimum atomic E-state index is -0.250. The second-order valence-corrected chi connectivity index (χ2v) is 8.79. The second kappa shape index (κ2) is 9.40. The van der Waals surface area contributed by atoms with Crippen LogP contribution in [0.2, 0.25) is 5.02 Å². The fraction of sp³-hybridized carbons (Fsp3) is 0.417. The Labute approximate surface area is 183 Å². The van der Waals surface area contributed by atoms with E-state index in [0.29, 0.717) is 22.0 Å². The van der Waals surface area contributed by atoms with Gasteiger partial charge in [-0.05, 0) is 68.9 Å². The molecule has 0 aromatic heterocycles. The number of aryl methyl sites for hydroxylation is 1. The maximum atomic E-state index is 9.11. The van der Waals surface area contributed by atoms with Crippen molar-refractivity contribution in [1.29, 1.82) is 5.26 Å². The minimum absolute atomic E-state index is 0.250. The van der Waals surface area contributed by atoms with Gasteiger partial charge in [0.2, 0.25) is 0 Å². The van der Waals surface area contributed by atoms with E-state index in [2.05, 4.69) is 54.0 Å². The summed E-state index contributed by atoms with van der Waals surface area (Å²) in [4.78, 5) is 13.4. The zero-order valence-corrected chi connectivity index (χ0v) is 18.3. The van der Waals surface area contributed by atoms with E-state index in [9.17, 15) is 0 Å². The second-order valence-electron chi connectivity index (χ2n) is 8.39. The van der Waals surface area contributed by atoms with Gasteiger partial charge in [0.25, 0.3) is 6.47 Å². The van der Waals surface area contributed by atoms with Crippen LogP contribution in [0, 0.1) is 23.7 Å². The topological polar surface area (TPSA) is 67.6 Å². The lowest BCUT2D eigenvalue weighted by atomic mass is 9.76. The predicted octanol–water partition coefficient (Wildman–Crippen LogP) is 5.11. The molecule has 0 aliphatic carbocycles. The summed E-state index contributed by atoms with van der Waals surface area (Å²) in [6.07, 6.45) is 3.68. The number of benzene rings is 2. The molecule has 6 heteroatoms. The van der Waals surface area contributed by atoms with E-state index in [1.807, 2.05) is 18.2 Å². The third-order valence-electron chi connectivity index (χ3n) is 6.39. The van der Waals surface area contributed by atoms with Crippen LogP contribution in [0.5, 0.6) is 0 Å². The molecule has 1 spiro atoms. The van der Waals surface area contributed by atoms with E-state index < -0.39 is 0 Å². The predicted molar refractivity (Wildman–Crippen MR) is 121 cm³/mol. The summed E-state index contributed by atoms with van der Waals surface area (Å²) in [6, 6.07) is 17.4. The van der Waals surface area contributed by atoms with E-state index in [-0.39, 0.29) is 6.47 Å². The average molecular weight is 426 g/mol. The monoisotopic (exact) mass is 425 g/mol. The Hall–Kier alpha value is -2.71. The molecule has 2 aliphatic heterocycles. The molecule has 2 aromatic carbocycles. The smallest absolute Gasteiger partial charge is 0.290 e. The number of piperidine rings is 1. The largest absolute Gasteiger partial charge is 0.483 e. The van der Waals surface area contributed by atoms with E-state index in [1.165, 1.54) is 30.5 Å². The molecule has 158 valence electrons. The minimum Gasteiger partial charge on any atom is -0.483 e. The van der Waals surface area contributed by atoms with Gasteiger partial charge in [-0.2, -0.15) is 5.26 Å². The SMILES string of the molecule is Cc1ccc(N2CCC3(CC2)CC(C)N(c2ccc(C#N)c(Cl)c2)C3)cc1.O=CO. The van der Waals surface area contributed by atoms with Gasteiger partial charge in [0.1, 0.15) is 6.07 Å². The Kier molecular flexibility index (Phi) is 6.89. The number of carboxylic acid groups (broad SMARTS) is 1. The van der Waals surface area contributed by atoms with Crippen LogP contribution in [-0.4, -0.2) is 37.3 Å². The van der Waals surface area contributed by atoms with Crippen LogP contribution in [0.25, 0.3) is 0 Å². The van der Waals surface area contributed by atoms with Crippen molar-refractivity contribution in [1.82, 2.24) is 0 Å². The molecule has 0 radical (unpaired) electrons. The first-order valence-electron chi connectivity index (χ1n) is 10.3. The zero-order valence-electron chi connectivity index (χ0n) is 17.5. The molecule has 0 amide bonds. The van der Waals surface area contributed by atoms with Gasteiger partial charge in [-0.1, -0.05) is 29.3 Å². The summed E-state index contributed by atoms with van der Waals surface area (Å²) in [6.45, 7) is 7.53. The van der Waals surface area contributed by atoms with Crippen LogP contribution in [-0.2, 0) is 4.79 Å². The maximum Gasteiger partial charge on any atom is 0.290 e. The van der Waals surface area contributed by atoms with Crippen molar-refractivity contribution in [2.24, 2.45) is 5.41 Å². The number of rotatable bonds is 2. The number of nitriles is 1. The highest BCUT2D eigenvalue weighted by Crippen LogP contribution is 2.45. The molecule has 0 bridgehead atoms. The van der Waals surface area contributed by atoms with Crippen molar-refractivity contribution >= 4 is 29.4 Å². The molecular weight excluding hydrogens is 398 g/mol. The summed E-state index contributed by atoms with van der Waals surface area (Å²) in [5.41, 5.74) is 4.74. The van der Waals surface area contributed by atoms with Crippen LogP contribution in [0.1, 0.15) is 37.3 Å². The summed E-state index contributed by atoms with van der Waals surface area (Å²) in [7, 11) is 0. The van der Waals surface area contributed by atoms with Gasteiger partial charge < -0.3 is 14.9 Å². The van der Waals surface area contributed by atoms with Crippen molar-refractivity contribution in [3.05, 3.63) is 58.6 Å². The molecule has 2 aliphatic rings. The summed E-state index contributed by atoms with van der Waals surface area (Å²) < 4.78 is 0. The van der Waals surface area contributed by atoms with Gasteiger partial charge in [0, 0.05) is 37.1 Å². The van der Waals surface area contributed by atoms with Gasteiger partial charge in [-0.25, -0.2) is 0 Å². The van der Waals surface area contributed by atoms with Crippen molar-refractivity contribution in [3.63, 3.8) is 0 Å². The highest BCUT2D eigenvalue weighted by Gasteiger charge is 2.44. The van der Waals surface area contributed by atoms with Gasteiger partial charge in [-0.15, -0.1) is 0 Å². The van der Waals surface area contributed by atoms with Crippen LogP contribution >= 0.6 is 11.6 Å². The molecule has 2 saturated heterocycles. The quantitative estimate of drug-likeness (QED) is 0.677. The summed E-state index contributed by atoms with van der Waals surface area (Å²) in [5.74, 6) is 0. The number of carbonyl (C=O) groups is 1. The molecule has 2 heterocycles. The van der Waals surface area contributed by atoms with Gasteiger partial charge in [-0.3, -0.25) is 4.79 Å². The first kappa shape index (κ1) is 22.0. The Morgan fingerprint density at radius 1 is 1.17 bits per heavy atom. The average Bonchev–Trinajstić information content (AvgIpc) is 3.05. The van der Waals surface area contributed by atoms with Crippen molar-refractivity contribution in [3.8, 4) is 6.07 Å². The van der Waals surface area contributed by atoms with Gasteiger partial charge in [0.05, 0.1) is 10.6 Å². The normalized spacial score (nSPS) is 19.7. The third kappa shape index (κ3) is 4.71. The van der Waals surface area contributed by atoms with E-state index in [1.54, 1.807) is 0 Å². The Morgan fingerprint density at radius 2 is 1.77 bits per heavy atom. The lowest BCUT2D eigenvalue weighted by Gasteiger charge is -2.40. The fourth-order valence-corrected chi connectivity index (χ4v) is 5.01. The van der Waals surface area contributed by atoms with Crippen LogP contribution in [0.3, 0.4) is 0 Å².